The van der Waals surface area contributed by atoms with Crippen molar-refractivity contribution in [1.82, 2.24) is 0 Å². The van der Waals surface area contributed by atoms with Crippen LogP contribution in [0.25, 0.3) is 33.4 Å². The SMILES string of the molecule is CCCCCCCCOC(=O)c1ccc(-c2ccccc2-c2ccccc2-c2ccc(C(=O)OCCCCCCCC)cc2)cc1. The molecule has 0 aliphatic rings. The molecule has 4 aromatic rings. The van der Waals surface area contributed by atoms with Crippen molar-refractivity contribution >= 4 is 11.9 Å². The molecule has 4 rings (SSSR count). The molecule has 0 aliphatic carbocycles. The summed E-state index contributed by atoms with van der Waals surface area (Å²) in [5.41, 5.74) is 7.55. The third-order valence-corrected chi connectivity index (χ3v) is 8.47. The Morgan fingerprint density at radius 1 is 0.413 bits per heavy atom. The van der Waals surface area contributed by atoms with Gasteiger partial charge in [-0.3, -0.25) is 0 Å². The highest BCUT2D eigenvalue weighted by Crippen LogP contribution is 2.38. The summed E-state index contributed by atoms with van der Waals surface area (Å²) in [6.07, 6.45) is 13.9. The molecule has 4 heteroatoms. The molecular formula is C42H50O4. The molecule has 4 aromatic carbocycles. The predicted molar refractivity (Wildman–Crippen MR) is 190 cm³/mol. The van der Waals surface area contributed by atoms with Crippen molar-refractivity contribution in [3.8, 4) is 33.4 Å². The van der Waals surface area contributed by atoms with Crippen molar-refractivity contribution in [1.29, 1.82) is 0 Å². The Labute approximate surface area is 276 Å². The van der Waals surface area contributed by atoms with Gasteiger partial charge in [0.15, 0.2) is 0 Å². The molecule has 0 fully saturated rings. The minimum Gasteiger partial charge on any atom is -0.462 e. The zero-order valence-electron chi connectivity index (χ0n) is 27.8. The number of carbonyl (C=O) groups excluding carboxylic acids is 2. The average molecular weight is 619 g/mol. The number of esters is 2. The summed E-state index contributed by atoms with van der Waals surface area (Å²) >= 11 is 0. The van der Waals surface area contributed by atoms with Crippen LogP contribution < -0.4 is 0 Å². The fraction of sp³-hybridized carbons (Fsp3) is 0.381. The van der Waals surface area contributed by atoms with Gasteiger partial charge in [0.25, 0.3) is 0 Å². The molecule has 0 radical (unpaired) electrons. The maximum absolute atomic E-state index is 12.6. The topological polar surface area (TPSA) is 52.6 Å². The van der Waals surface area contributed by atoms with Gasteiger partial charge in [0.2, 0.25) is 0 Å². The van der Waals surface area contributed by atoms with E-state index in [1.54, 1.807) is 0 Å². The van der Waals surface area contributed by atoms with Gasteiger partial charge in [-0.15, -0.1) is 0 Å². The lowest BCUT2D eigenvalue weighted by Gasteiger charge is -2.15. The van der Waals surface area contributed by atoms with E-state index >= 15 is 0 Å². The van der Waals surface area contributed by atoms with Crippen LogP contribution in [0.5, 0.6) is 0 Å². The van der Waals surface area contributed by atoms with Gasteiger partial charge in [-0.05, 0) is 70.5 Å². The molecule has 4 nitrogen and oxygen atoms in total. The lowest BCUT2D eigenvalue weighted by atomic mass is 9.89. The van der Waals surface area contributed by atoms with Crippen molar-refractivity contribution < 1.29 is 19.1 Å². The van der Waals surface area contributed by atoms with Crippen LogP contribution in [0, 0.1) is 0 Å². The maximum Gasteiger partial charge on any atom is 0.338 e. The maximum atomic E-state index is 12.6. The first kappa shape index (κ1) is 34.7. The van der Waals surface area contributed by atoms with Crippen LogP contribution in [-0.4, -0.2) is 25.2 Å². The number of carbonyl (C=O) groups is 2. The summed E-state index contributed by atoms with van der Waals surface area (Å²) in [7, 11) is 0. The summed E-state index contributed by atoms with van der Waals surface area (Å²) in [5.74, 6) is -0.540. The van der Waals surface area contributed by atoms with Crippen LogP contribution in [0.4, 0.5) is 0 Å². The largest absolute Gasteiger partial charge is 0.462 e. The van der Waals surface area contributed by atoms with Gasteiger partial charge in [-0.1, -0.05) is 151 Å². The van der Waals surface area contributed by atoms with E-state index in [9.17, 15) is 9.59 Å². The molecule has 0 spiro atoms. The standard InChI is InChI=1S/C42H50O4/c1-3-5-7-9-11-17-31-45-41(43)35-27-23-33(24-28-35)37-19-13-15-21-39(37)40-22-16-14-20-38(40)34-25-29-36(30-26-34)42(44)46-32-18-12-10-8-6-4-2/h13-16,19-30H,3-12,17-18,31-32H2,1-2H3. The zero-order chi connectivity index (χ0) is 32.4. The van der Waals surface area contributed by atoms with E-state index in [1.807, 2.05) is 72.8 Å². The van der Waals surface area contributed by atoms with Crippen LogP contribution in [-0.2, 0) is 9.47 Å². The molecular weight excluding hydrogens is 568 g/mol. The highest BCUT2D eigenvalue weighted by atomic mass is 16.5. The van der Waals surface area contributed by atoms with E-state index in [1.165, 1.54) is 51.4 Å². The zero-order valence-corrected chi connectivity index (χ0v) is 27.8. The van der Waals surface area contributed by atoms with E-state index in [4.69, 9.17) is 9.47 Å². The Morgan fingerprint density at radius 3 is 1.11 bits per heavy atom. The predicted octanol–water partition coefficient (Wildman–Crippen LogP) is 11.7. The molecule has 0 saturated heterocycles. The molecule has 0 atom stereocenters. The number of benzene rings is 4. The van der Waals surface area contributed by atoms with Crippen molar-refractivity contribution in [2.75, 3.05) is 13.2 Å². The molecule has 0 amide bonds. The van der Waals surface area contributed by atoms with Crippen LogP contribution in [0.15, 0.2) is 97.1 Å². The first-order valence-electron chi connectivity index (χ1n) is 17.4. The van der Waals surface area contributed by atoms with Crippen molar-refractivity contribution in [2.45, 2.75) is 90.9 Å². The minimum absolute atomic E-state index is 0.270. The summed E-state index contributed by atoms with van der Waals surface area (Å²) in [5, 5.41) is 0. The van der Waals surface area contributed by atoms with Crippen molar-refractivity contribution in [2.24, 2.45) is 0 Å². The fourth-order valence-corrected chi connectivity index (χ4v) is 5.77. The van der Waals surface area contributed by atoms with Crippen LogP contribution in [0.3, 0.4) is 0 Å². The van der Waals surface area contributed by atoms with Crippen LogP contribution >= 0.6 is 0 Å². The second-order valence-electron chi connectivity index (χ2n) is 12.1. The van der Waals surface area contributed by atoms with Gasteiger partial charge < -0.3 is 9.47 Å². The highest BCUT2D eigenvalue weighted by Gasteiger charge is 2.14. The van der Waals surface area contributed by atoms with Crippen molar-refractivity contribution in [3.05, 3.63) is 108 Å². The lowest BCUT2D eigenvalue weighted by Crippen LogP contribution is -2.06. The Hall–Kier alpha value is -4.18. The molecule has 0 unspecified atom stereocenters. The molecule has 0 aromatic heterocycles. The van der Waals surface area contributed by atoms with E-state index in [0.717, 1.165) is 59.1 Å². The van der Waals surface area contributed by atoms with Crippen molar-refractivity contribution in [3.63, 3.8) is 0 Å². The molecule has 0 N–H and O–H groups in total. The Bertz CT molecular complexity index is 1370. The Kier molecular flexibility index (Phi) is 14.6. The molecule has 46 heavy (non-hydrogen) atoms. The molecule has 0 saturated carbocycles. The second kappa shape index (κ2) is 19.4. The fourth-order valence-electron chi connectivity index (χ4n) is 5.77. The summed E-state index contributed by atoms with van der Waals surface area (Å²) in [4.78, 5) is 25.3. The van der Waals surface area contributed by atoms with Gasteiger partial charge >= 0.3 is 11.9 Å². The third kappa shape index (κ3) is 10.4. The molecule has 242 valence electrons. The Balaban J connectivity index is 1.41. The first-order chi connectivity index (χ1) is 22.6. The minimum atomic E-state index is -0.270. The van der Waals surface area contributed by atoms with E-state index in [2.05, 4.69) is 38.1 Å². The van der Waals surface area contributed by atoms with Gasteiger partial charge in [0, 0.05) is 0 Å². The van der Waals surface area contributed by atoms with E-state index in [-0.39, 0.29) is 11.9 Å². The quantitative estimate of drug-likeness (QED) is 0.0775. The lowest BCUT2D eigenvalue weighted by molar-refractivity contribution is 0.0488. The number of unbranched alkanes of at least 4 members (excludes halogenated alkanes) is 10. The van der Waals surface area contributed by atoms with Gasteiger partial charge in [0.05, 0.1) is 24.3 Å². The second-order valence-corrected chi connectivity index (χ2v) is 12.1. The van der Waals surface area contributed by atoms with E-state index < -0.39 is 0 Å². The smallest absolute Gasteiger partial charge is 0.338 e. The molecule has 0 heterocycles. The summed E-state index contributed by atoms with van der Waals surface area (Å²) in [6, 6.07) is 32.0. The number of rotatable bonds is 19. The number of ether oxygens (including phenoxy) is 2. The third-order valence-electron chi connectivity index (χ3n) is 8.47. The number of hydrogen-bond acceptors (Lipinski definition) is 4. The highest BCUT2D eigenvalue weighted by molar-refractivity contribution is 5.94. The normalized spacial score (nSPS) is 10.9. The number of hydrogen-bond donors (Lipinski definition) is 0. The van der Waals surface area contributed by atoms with Crippen LogP contribution in [0.1, 0.15) is 112 Å². The monoisotopic (exact) mass is 618 g/mol. The van der Waals surface area contributed by atoms with Gasteiger partial charge in [-0.2, -0.15) is 0 Å². The molecule has 0 aliphatic heterocycles. The van der Waals surface area contributed by atoms with Gasteiger partial charge in [-0.25, -0.2) is 9.59 Å². The average Bonchev–Trinajstić information content (AvgIpc) is 3.11. The first-order valence-corrected chi connectivity index (χ1v) is 17.4. The van der Waals surface area contributed by atoms with Gasteiger partial charge in [0.1, 0.15) is 0 Å². The van der Waals surface area contributed by atoms with E-state index in [0.29, 0.717) is 24.3 Å². The summed E-state index contributed by atoms with van der Waals surface area (Å²) in [6.45, 7) is 5.36. The summed E-state index contributed by atoms with van der Waals surface area (Å²) < 4.78 is 11.1. The Morgan fingerprint density at radius 2 is 0.739 bits per heavy atom. The molecule has 0 bridgehead atoms. The van der Waals surface area contributed by atoms with Crippen LogP contribution in [0.2, 0.25) is 0 Å².